The molecule has 1 amide bonds. The Bertz CT molecular complexity index is 261. The van der Waals surface area contributed by atoms with Gasteiger partial charge in [-0.1, -0.05) is 13.8 Å². The third-order valence-corrected chi connectivity index (χ3v) is 2.75. The Balaban J connectivity index is 4.53. The van der Waals surface area contributed by atoms with Crippen LogP contribution in [0, 0.1) is 23.2 Å². The van der Waals surface area contributed by atoms with Crippen LogP contribution in [0.2, 0.25) is 0 Å². The zero-order valence-electron chi connectivity index (χ0n) is 11.0. The quantitative estimate of drug-likeness (QED) is 0.675. The van der Waals surface area contributed by atoms with Crippen LogP contribution >= 0.6 is 0 Å². The molecule has 0 saturated carbocycles. The molecule has 0 aromatic heterocycles. The second kappa shape index (κ2) is 8.97. The molecule has 1 atom stereocenters. The van der Waals surface area contributed by atoms with Crippen LogP contribution in [-0.2, 0) is 9.53 Å². The third-order valence-electron chi connectivity index (χ3n) is 2.75. The number of nitrogens with zero attached hydrogens (tertiary/aromatic N) is 2. The van der Waals surface area contributed by atoms with Gasteiger partial charge in [-0.15, -0.1) is 0 Å². The first-order valence-electron chi connectivity index (χ1n) is 5.93. The van der Waals surface area contributed by atoms with E-state index in [4.69, 9.17) is 15.7 Å². The minimum atomic E-state index is -0.175. The van der Waals surface area contributed by atoms with Gasteiger partial charge in [0, 0.05) is 26.7 Å². The maximum atomic E-state index is 12.2. The highest BCUT2D eigenvalue weighted by atomic mass is 16.5. The van der Waals surface area contributed by atoms with Gasteiger partial charge in [-0.3, -0.25) is 4.79 Å². The highest BCUT2D eigenvalue weighted by Gasteiger charge is 2.25. The first-order valence-corrected chi connectivity index (χ1v) is 5.93. The number of nitrogens with two attached hydrogens (primary N) is 1. The second-order valence-electron chi connectivity index (χ2n) is 4.31. The van der Waals surface area contributed by atoms with Crippen LogP contribution in [0.3, 0.4) is 0 Å². The van der Waals surface area contributed by atoms with Crippen LogP contribution in [0.1, 0.15) is 20.3 Å². The molecule has 0 bridgehead atoms. The van der Waals surface area contributed by atoms with Crippen LogP contribution < -0.4 is 5.73 Å². The van der Waals surface area contributed by atoms with Crippen molar-refractivity contribution in [3.63, 3.8) is 0 Å². The van der Waals surface area contributed by atoms with Gasteiger partial charge in [-0.05, 0) is 5.92 Å². The Kier molecular flexibility index (Phi) is 8.38. The van der Waals surface area contributed by atoms with E-state index in [1.165, 1.54) is 0 Å². The Hall–Kier alpha value is -1.12. The Morgan fingerprint density at radius 2 is 2.12 bits per heavy atom. The molecule has 98 valence electrons. The number of rotatable bonds is 8. The molecule has 0 aromatic carbocycles. The molecule has 1 unspecified atom stereocenters. The summed E-state index contributed by atoms with van der Waals surface area (Å²) in [6, 6.07) is 2.05. The van der Waals surface area contributed by atoms with Gasteiger partial charge in [-0.2, -0.15) is 5.26 Å². The monoisotopic (exact) mass is 241 g/mol. The van der Waals surface area contributed by atoms with Crippen LogP contribution in [0.15, 0.2) is 0 Å². The lowest BCUT2D eigenvalue weighted by atomic mass is 9.94. The summed E-state index contributed by atoms with van der Waals surface area (Å²) in [6.45, 7) is 5.74. The van der Waals surface area contributed by atoms with Crippen molar-refractivity contribution in [3.05, 3.63) is 0 Å². The molecular formula is C12H23N3O2. The lowest BCUT2D eigenvalue weighted by Crippen LogP contribution is -2.43. The fourth-order valence-electron chi connectivity index (χ4n) is 1.61. The first kappa shape index (κ1) is 15.9. The zero-order valence-corrected chi connectivity index (χ0v) is 11.0. The number of hydrogen-bond donors (Lipinski definition) is 1. The summed E-state index contributed by atoms with van der Waals surface area (Å²) >= 11 is 0. The molecule has 0 saturated heterocycles. The number of carbonyl (C=O) groups excluding carboxylic acids is 1. The average molecular weight is 241 g/mol. The standard InChI is InChI=1S/C12H23N3O2/c1-10(2)11(9-14)12(16)15(6-4-5-13)7-8-17-3/h10-11H,4,6-9,14H2,1-3H3. The van der Waals surface area contributed by atoms with Crippen molar-refractivity contribution < 1.29 is 9.53 Å². The number of nitriles is 1. The second-order valence-corrected chi connectivity index (χ2v) is 4.31. The van der Waals surface area contributed by atoms with E-state index in [9.17, 15) is 4.79 Å². The molecule has 17 heavy (non-hydrogen) atoms. The average Bonchev–Trinajstić information content (AvgIpc) is 2.29. The Labute approximate surface area is 104 Å². The van der Waals surface area contributed by atoms with Crippen molar-refractivity contribution in [1.82, 2.24) is 4.90 Å². The van der Waals surface area contributed by atoms with E-state index in [1.54, 1.807) is 12.0 Å². The maximum absolute atomic E-state index is 12.2. The van der Waals surface area contributed by atoms with Crippen molar-refractivity contribution in [2.75, 3.05) is 33.4 Å². The molecule has 0 heterocycles. The van der Waals surface area contributed by atoms with Crippen LogP contribution in [0.5, 0.6) is 0 Å². The summed E-state index contributed by atoms with van der Waals surface area (Å²) in [6.07, 6.45) is 0.338. The van der Waals surface area contributed by atoms with E-state index in [0.717, 1.165) is 0 Å². The molecule has 0 fully saturated rings. The van der Waals surface area contributed by atoms with E-state index >= 15 is 0 Å². The van der Waals surface area contributed by atoms with E-state index in [-0.39, 0.29) is 17.7 Å². The summed E-state index contributed by atoms with van der Waals surface area (Å²) < 4.78 is 4.97. The largest absolute Gasteiger partial charge is 0.383 e. The van der Waals surface area contributed by atoms with Gasteiger partial charge in [0.25, 0.3) is 0 Å². The zero-order chi connectivity index (χ0) is 13.3. The molecule has 5 heteroatoms. The molecule has 0 aliphatic heterocycles. The third kappa shape index (κ3) is 5.66. The van der Waals surface area contributed by atoms with Gasteiger partial charge < -0.3 is 15.4 Å². The predicted molar refractivity (Wildman–Crippen MR) is 66.1 cm³/mol. The predicted octanol–water partition coefficient (Wildman–Crippen LogP) is 0.606. The molecule has 0 radical (unpaired) electrons. The lowest BCUT2D eigenvalue weighted by molar-refractivity contribution is -0.137. The van der Waals surface area contributed by atoms with Gasteiger partial charge in [0.05, 0.1) is 25.0 Å². The van der Waals surface area contributed by atoms with Crippen molar-refractivity contribution in [2.24, 2.45) is 17.6 Å². The van der Waals surface area contributed by atoms with E-state index < -0.39 is 0 Å². The lowest BCUT2D eigenvalue weighted by Gasteiger charge is -2.27. The van der Waals surface area contributed by atoms with E-state index in [1.807, 2.05) is 19.9 Å². The van der Waals surface area contributed by atoms with Gasteiger partial charge in [-0.25, -0.2) is 0 Å². The van der Waals surface area contributed by atoms with Gasteiger partial charge in [0.15, 0.2) is 0 Å². The molecule has 0 aliphatic rings. The molecule has 2 N–H and O–H groups in total. The number of ether oxygens (including phenoxy) is 1. The summed E-state index contributed by atoms with van der Waals surface area (Å²) in [7, 11) is 1.59. The van der Waals surface area contributed by atoms with Crippen LogP contribution in [-0.4, -0.2) is 44.2 Å². The number of amides is 1. The molecule has 0 rings (SSSR count). The van der Waals surface area contributed by atoms with Gasteiger partial charge in [0.2, 0.25) is 5.91 Å². The van der Waals surface area contributed by atoms with Crippen LogP contribution in [0.4, 0.5) is 0 Å². The number of carbonyl (C=O) groups is 1. The smallest absolute Gasteiger partial charge is 0.227 e. The SMILES string of the molecule is COCCN(CCC#N)C(=O)C(CN)C(C)C. The fourth-order valence-corrected chi connectivity index (χ4v) is 1.61. The van der Waals surface area contributed by atoms with Crippen molar-refractivity contribution >= 4 is 5.91 Å². The van der Waals surface area contributed by atoms with Crippen LogP contribution in [0.25, 0.3) is 0 Å². The molecule has 5 nitrogen and oxygen atoms in total. The van der Waals surface area contributed by atoms with Gasteiger partial charge in [0.1, 0.15) is 0 Å². The molecule has 0 aliphatic carbocycles. The number of hydrogen-bond acceptors (Lipinski definition) is 4. The first-order chi connectivity index (χ1) is 8.08. The fraction of sp³-hybridized carbons (Fsp3) is 0.833. The highest BCUT2D eigenvalue weighted by Crippen LogP contribution is 2.13. The molecule has 0 aromatic rings. The minimum absolute atomic E-state index is 0.0230. The highest BCUT2D eigenvalue weighted by molar-refractivity contribution is 5.79. The van der Waals surface area contributed by atoms with Crippen molar-refractivity contribution in [3.8, 4) is 6.07 Å². The maximum Gasteiger partial charge on any atom is 0.227 e. The molecule has 0 spiro atoms. The summed E-state index contributed by atoms with van der Waals surface area (Å²) in [5.41, 5.74) is 5.63. The van der Waals surface area contributed by atoms with E-state index in [2.05, 4.69) is 0 Å². The summed E-state index contributed by atoms with van der Waals surface area (Å²) in [5, 5.41) is 8.58. The summed E-state index contributed by atoms with van der Waals surface area (Å²) in [4.78, 5) is 13.9. The normalized spacial score (nSPS) is 12.2. The van der Waals surface area contributed by atoms with Gasteiger partial charge >= 0.3 is 0 Å². The van der Waals surface area contributed by atoms with E-state index in [0.29, 0.717) is 32.7 Å². The topological polar surface area (TPSA) is 79.3 Å². The van der Waals surface area contributed by atoms with Crippen molar-refractivity contribution in [1.29, 1.82) is 5.26 Å². The van der Waals surface area contributed by atoms with Crippen molar-refractivity contribution in [2.45, 2.75) is 20.3 Å². The molecular weight excluding hydrogens is 218 g/mol. The Morgan fingerprint density at radius 3 is 2.53 bits per heavy atom. The Morgan fingerprint density at radius 1 is 1.47 bits per heavy atom. The minimum Gasteiger partial charge on any atom is -0.383 e. The summed E-state index contributed by atoms with van der Waals surface area (Å²) in [5.74, 6) is 0.0555. The number of methoxy groups -OCH3 is 1.